The molecule has 2 heterocycles. The molecule has 2 rings (SSSR count). The number of amides is 1. The first-order chi connectivity index (χ1) is 7.68. The highest BCUT2D eigenvalue weighted by molar-refractivity contribution is 7.12. The van der Waals surface area contributed by atoms with Crippen LogP contribution in [0.5, 0.6) is 0 Å². The maximum absolute atomic E-state index is 11.9. The first-order valence-electron chi connectivity index (χ1n) is 4.93. The van der Waals surface area contributed by atoms with Crippen molar-refractivity contribution in [2.75, 3.05) is 0 Å². The number of rotatable bonds is 3. The van der Waals surface area contributed by atoms with E-state index < -0.39 is 0 Å². The van der Waals surface area contributed by atoms with Crippen molar-refractivity contribution >= 4 is 28.6 Å². The number of nitrogens with zero attached hydrogens (tertiary/aromatic N) is 1. The van der Waals surface area contributed by atoms with Gasteiger partial charge in [0.2, 0.25) is 0 Å². The molecule has 1 N–H and O–H groups in total. The van der Waals surface area contributed by atoms with Crippen LogP contribution in [-0.4, -0.2) is 10.9 Å². The molecule has 0 bridgehead atoms. The Morgan fingerprint density at radius 3 is 2.88 bits per heavy atom. The molecule has 2 aromatic heterocycles. The quantitative estimate of drug-likeness (QED) is 0.912. The maximum atomic E-state index is 11.9. The number of nitrogens with one attached hydrogen (secondary N) is 1. The minimum Gasteiger partial charge on any atom is -0.344 e. The van der Waals surface area contributed by atoms with E-state index in [0.717, 1.165) is 10.6 Å². The van der Waals surface area contributed by atoms with Gasteiger partial charge >= 0.3 is 0 Å². The third-order valence-electron chi connectivity index (χ3n) is 2.27. The molecular formula is C11H12N2OS2. The zero-order chi connectivity index (χ0) is 11.5. The van der Waals surface area contributed by atoms with E-state index in [1.54, 1.807) is 16.8 Å². The predicted octanol–water partition coefficient (Wildman–Crippen LogP) is 3.00. The van der Waals surface area contributed by atoms with Crippen molar-refractivity contribution in [1.82, 2.24) is 10.3 Å². The Balaban J connectivity index is 2.06. The van der Waals surface area contributed by atoms with E-state index >= 15 is 0 Å². The Morgan fingerprint density at radius 1 is 1.50 bits per heavy atom. The smallest absolute Gasteiger partial charge is 0.263 e. The fourth-order valence-electron chi connectivity index (χ4n) is 1.39. The summed E-state index contributed by atoms with van der Waals surface area (Å²) in [7, 11) is 0. The van der Waals surface area contributed by atoms with Crippen LogP contribution in [0.3, 0.4) is 0 Å². The van der Waals surface area contributed by atoms with E-state index in [1.165, 1.54) is 11.3 Å². The molecule has 0 fully saturated rings. The normalized spacial score (nSPS) is 12.4. The van der Waals surface area contributed by atoms with Crippen LogP contribution in [0.25, 0.3) is 0 Å². The van der Waals surface area contributed by atoms with Crippen LogP contribution in [-0.2, 0) is 0 Å². The summed E-state index contributed by atoms with van der Waals surface area (Å²) >= 11 is 3.02. The van der Waals surface area contributed by atoms with Crippen molar-refractivity contribution in [1.29, 1.82) is 0 Å². The third kappa shape index (κ3) is 2.31. The lowest BCUT2D eigenvalue weighted by Gasteiger charge is -2.11. The molecular weight excluding hydrogens is 240 g/mol. The Morgan fingerprint density at radius 2 is 2.31 bits per heavy atom. The highest BCUT2D eigenvalue weighted by atomic mass is 32.1. The fraction of sp³-hybridized carbons (Fsp3) is 0.273. The number of hydrogen-bond donors (Lipinski definition) is 1. The van der Waals surface area contributed by atoms with Gasteiger partial charge in [-0.2, -0.15) is 0 Å². The van der Waals surface area contributed by atoms with Gasteiger partial charge in [-0.25, -0.2) is 4.98 Å². The highest BCUT2D eigenvalue weighted by Crippen LogP contribution is 2.20. The van der Waals surface area contributed by atoms with Crippen LogP contribution in [0.1, 0.15) is 33.2 Å². The van der Waals surface area contributed by atoms with Gasteiger partial charge in [-0.15, -0.1) is 22.7 Å². The van der Waals surface area contributed by atoms with Crippen LogP contribution < -0.4 is 5.32 Å². The number of carbonyl (C=O) groups excluding carboxylic acids is 1. The number of aryl methyl sites for hydroxylation is 1. The SMILES string of the molecule is Cc1ncsc1C(=O)NC(C)c1cccs1. The number of thiophene rings is 1. The van der Waals surface area contributed by atoms with Gasteiger partial charge in [0.15, 0.2) is 0 Å². The van der Waals surface area contributed by atoms with Crippen LogP contribution in [0.15, 0.2) is 23.0 Å². The predicted molar refractivity (Wildman–Crippen MR) is 67.1 cm³/mol. The molecule has 0 saturated heterocycles. The van der Waals surface area contributed by atoms with Crippen molar-refractivity contribution in [2.24, 2.45) is 0 Å². The van der Waals surface area contributed by atoms with Crippen LogP contribution in [0.2, 0.25) is 0 Å². The second kappa shape index (κ2) is 4.76. The molecule has 0 radical (unpaired) electrons. The molecule has 2 aromatic rings. The summed E-state index contributed by atoms with van der Waals surface area (Å²) in [6.45, 7) is 3.83. The Bertz CT molecular complexity index is 476. The minimum absolute atomic E-state index is 0.0408. The Labute approximate surface area is 102 Å². The average Bonchev–Trinajstić information content (AvgIpc) is 2.86. The van der Waals surface area contributed by atoms with E-state index in [2.05, 4.69) is 10.3 Å². The third-order valence-corrected chi connectivity index (χ3v) is 4.25. The fourth-order valence-corrected chi connectivity index (χ4v) is 2.83. The first-order valence-corrected chi connectivity index (χ1v) is 6.68. The second-order valence-corrected chi connectivity index (χ2v) is 5.31. The topological polar surface area (TPSA) is 42.0 Å². The molecule has 0 aliphatic heterocycles. The summed E-state index contributed by atoms with van der Waals surface area (Å²) in [5.41, 5.74) is 2.49. The summed E-state index contributed by atoms with van der Waals surface area (Å²) < 4.78 is 0. The van der Waals surface area contributed by atoms with Gasteiger partial charge in [-0.3, -0.25) is 4.79 Å². The molecule has 5 heteroatoms. The minimum atomic E-state index is -0.0408. The van der Waals surface area contributed by atoms with Crippen molar-refractivity contribution in [3.05, 3.63) is 38.5 Å². The van der Waals surface area contributed by atoms with Crippen LogP contribution in [0.4, 0.5) is 0 Å². The van der Waals surface area contributed by atoms with Gasteiger partial charge in [0.05, 0.1) is 17.2 Å². The van der Waals surface area contributed by atoms with E-state index in [9.17, 15) is 4.79 Å². The second-order valence-electron chi connectivity index (χ2n) is 3.48. The Kier molecular flexibility index (Phi) is 3.36. The van der Waals surface area contributed by atoms with Crippen molar-refractivity contribution in [2.45, 2.75) is 19.9 Å². The first kappa shape index (κ1) is 11.3. The molecule has 0 aliphatic rings. The van der Waals surface area contributed by atoms with Gasteiger partial charge < -0.3 is 5.32 Å². The number of hydrogen-bond acceptors (Lipinski definition) is 4. The Hall–Kier alpha value is -1.20. The molecule has 3 nitrogen and oxygen atoms in total. The van der Waals surface area contributed by atoms with Crippen LogP contribution >= 0.6 is 22.7 Å². The van der Waals surface area contributed by atoms with E-state index in [-0.39, 0.29) is 11.9 Å². The van der Waals surface area contributed by atoms with Crippen molar-refractivity contribution < 1.29 is 4.79 Å². The lowest BCUT2D eigenvalue weighted by molar-refractivity contribution is 0.0944. The largest absolute Gasteiger partial charge is 0.344 e. The van der Waals surface area contributed by atoms with Gasteiger partial charge in [0.1, 0.15) is 4.88 Å². The van der Waals surface area contributed by atoms with Crippen molar-refractivity contribution in [3.8, 4) is 0 Å². The average molecular weight is 252 g/mol. The van der Waals surface area contributed by atoms with Gasteiger partial charge in [0.25, 0.3) is 5.91 Å². The summed E-state index contributed by atoms with van der Waals surface area (Å²) in [6.07, 6.45) is 0. The summed E-state index contributed by atoms with van der Waals surface area (Å²) in [5.74, 6) is -0.0408. The molecule has 16 heavy (non-hydrogen) atoms. The molecule has 84 valence electrons. The number of carbonyl (C=O) groups is 1. The molecule has 0 aliphatic carbocycles. The van der Waals surface area contributed by atoms with E-state index in [4.69, 9.17) is 0 Å². The lowest BCUT2D eigenvalue weighted by Crippen LogP contribution is -2.25. The standard InChI is InChI=1S/C11H12N2OS2/c1-7(9-4-3-5-15-9)13-11(14)10-8(2)12-6-16-10/h3-7H,1-2H3,(H,13,14). The van der Waals surface area contributed by atoms with E-state index in [1.807, 2.05) is 31.4 Å². The zero-order valence-corrected chi connectivity index (χ0v) is 10.7. The molecule has 1 unspecified atom stereocenters. The van der Waals surface area contributed by atoms with Crippen LogP contribution in [0, 0.1) is 6.92 Å². The van der Waals surface area contributed by atoms with Gasteiger partial charge in [0, 0.05) is 4.88 Å². The molecule has 0 aromatic carbocycles. The van der Waals surface area contributed by atoms with Gasteiger partial charge in [-0.05, 0) is 25.3 Å². The summed E-state index contributed by atoms with van der Waals surface area (Å²) in [4.78, 5) is 17.8. The van der Waals surface area contributed by atoms with E-state index in [0.29, 0.717) is 4.88 Å². The highest BCUT2D eigenvalue weighted by Gasteiger charge is 2.15. The summed E-state index contributed by atoms with van der Waals surface area (Å²) in [5, 5.41) is 4.98. The molecule has 0 spiro atoms. The monoisotopic (exact) mass is 252 g/mol. The zero-order valence-electron chi connectivity index (χ0n) is 9.06. The number of thiazole rings is 1. The lowest BCUT2D eigenvalue weighted by atomic mass is 10.2. The maximum Gasteiger partial charge on any atom is 0.263 e. The van der Waals surface area contributed by atoms with Gasteiger partial charge in [-0.1, -0.05) is 6.07 Å². The van der Waals surface area contributed by atoms with Crippen molar-refractivity contribution in [3.63, 3.8) is 0 Å². The molecule has 0 saturated carbocycles. The molecule has 1 amide bonds. The number of aromatic nitrogens is 1. The molecule has 1 atom stereocenters. The summed E-state index contributed by atoms with van der Waals surface area (Å²) in [6, 6.07) is 4.06.